The van der Waals surface area contributed by atoms with Crippen LogP contribution in [-0.2, 0) is 0 Å². The smallest absolute Gasteiger partial charge is 0.0112 e. The van der Waals surface area contributed by atoms with Crippen LogP contribution in [0.15, 0.2) is 0 Å². The third kappa shape index (κ3) is 7.92. The van der Waals surface area contributed by atoms with E-state index in [1.54, 1.807) is 0 Å². The third-order valence-corrected chi connectivity index (χ3v) is 1.01. The average Bonchev–Trinajstić information content (AvgIpc) is 1.63. The predicted molar refractivity (Wildman–Crippen MR) is 40.3 cm³/mol. The van der Waals surface area contributed by atoms with Gasteiger partial charge in [-0.05, 0) is 33.7 Å². The fourth-order valence-corrected chi connectivity index (χ4v) is 0.552. The van der Waals surface area contributed by atoms with Gasteiger partial charge in [0.25, 0.3) is 0 Å². The molecule has 0 aromatic heterocycles. The van der Waals surface area contributed by atoms with Gasteiger partial charge < -0.3 is 5.32 Å². The molecule has 0 aromatic carbocycles. The second-order valence-electron chi connectivity index (χ2n) is 3.28. The van der Waals surface area contributed by atoms with Crippen LogP contribution in [0.3, 0.4) is 0 Å². The van der Waals surface area contributed by atoms with Gasteiger partial charge in [0.15, 0.2) is 0 Å². The largest absolute Gasteiger partial charge is 0.312 e. The van der Waals surface area contributed by atoms with Crippen molar-refractivity contribution in [1.29, 1.82) is 0 Å². The lowest BCUT2D eigenvalue weighted by Gasteiger charge is -2.19. The second-order valence-corrected chi connectivity index (χ2v) is 3.28. The molecule has 0 aliphatic heterocycles. The lowest BCUT2D eigenvalue weighted by Crippen LogP contribution is -2.36. The Morgan fingerprint density at radius 3 is 2.22 bits per heavy atom. The van der Waals surface area contributed by atoms with Gasteiger partial charge >= 0.3 is 0 Å². The summed E-state index contributed by atoms with van der Waals surface area (Å²) in [4.78, 5) is 0. The van der Waals surface area contributed by atoms with Gasteiger partial charge in [0, 0.05) is 12.1 Å². The van der Waals surface area contributed by atoms with Gasteiger partial charge in [-0.2, -0.15) is 0 Å². The van der Waals surface area contributed by atoms with Crippen molar-refractivity contribution in [3.05, 3.63) is 0 Å². The first-order valence-electron chi connectivity index (χ1n) is 3.46. The monoisotopic (exact) mass is 129 g/mol. The highest BCUT2D eigenvalue weighted by Crippen LogP contribution is 1.97. The molecule has 2 heteroatoms. The number of hydrogen-bond acceptors (Lipinski definition) is 1. The van der Waals surface area contributed by atoms with E-state index >= 15 is 0 Å². The van der Waals surface area contributed by atoms with Crippen LogP contribution in [-0.4, -0.2) is 18.6 Å². The molecule has 0 aliphatic carbocycles. The van der Waals surface area contributed by atoms with E-state index in [0.29, 0.717) is 6.54 Å². The average molecular weight is 129 g/mol. The van der Waals surface area contributed by atoms with Crippen molar-refractivity contribution in [3.63, 3.8) is 0 Å². The molecule has 0 saturated carbocycles. The van der Waals surface area contributed by atoms with E-state index in [9.17, 15) is 0 Å². The summed E-state index contributed by atoms with van der Waals surface area (Å²) < 4.78 is 0. The van der Waals surface area contributed by atoms with E-state index < -0.39 is 0 Å². The molecule has 0 spiro atoms. The molecule has 0 saturated heterocycles. The topological polar surface area (TPSA) is 35.8 Å². The van der Waals surface area contributed by atoms with Crippen LogP contribution in [0.4, 0.5) is 0 Å². The summed E-state index contributed by atoms with van der Waals surface area (Å²) in [6.45, 7) is 7.90. The normalized spacial score (nSPS) is 12.0. The van der Waals surface area contributed by atoms with E-state index in [4.69, 9.17) is 5.73 Å². The summed E-state index contributed by atoms with van der Waals surface area (Å²) in [5, 5.41) is 3.30. The molecule has 0 heterocycles. The van der Waals surface area contributed by atoms with Crippen molar-refractivity contribution in [1.82, 2.24) is 11.1 Å². The maximum atomic E-state index is 6.87. The van der Waals surface area contributed by atoms with Crippen LogP contribution in [0.1, 0.15) is 27.2 Å². The van der Waals surface area contributed by atoms with E-state index in [2.05, 4.69) is 26.1 Å². The Labute approximate surface area is 57.8 Å². The zero-order valence-corrected chi connectivity index (χ0v) is 6.62. The molecular formula is C7H17N2. The lowest BCUT2D eigenvalue weighted by atomic mass is 10.1. The van der Waals surface area contributed by atoms with E-state index in [0.717, 1.165) is 13.0 Å². The molecular weight excluding hydrogens is 112 g/mol. The third-order valence-electron chi connectivity index (χ3n) is 1.01. The minimum atomic E-state index is 0.217. The Morgan fingerprint density at radius 1 is 1.33 bits per heavy atom. The van der Waals surface area contributed by atoms with E-state index in [1.165, 1.54) is 0 Å². The van der Waals surface area contributed by atoms with E-state index in [-0.39, 0.29) is 5.54 Å². The molecule has 0 amide bonds. The SMILES string of the molecule is CC(C)(C)NCCC[NH]. The van der Waals surface area contributed by atoms with Crippen LogP contribution < -0.4 is 11.1 Å². The summed E-state index contributed by atoms with van der Waals surface area (Å²) in [5.41, 5.74) is 7.09. The quantitative estimate of drug-likeness (QED) is 0.568. The van der Waals surface area contributed by atoms with Gasteiger partial charge in [0.2, 0.25) is 0 Å². The highest BCUT2D eigenvalue weighted by Gasteiger charge is 2.06. The van der Waals surface area contributed by atoms with Gasteiger partial charge in [-0.1, -0.05) is 0 Å². The molecule has 55 valence electrons. The Balaban J connectivity index is 3.07. The Morgan fingerprint density at radius 2 is 1.89 bits per heavy atom. The number of hydrogen-bond donors (Lipinski definition) is 1. The molecule has 2 N–H and O–H groups in total. The van der Waals surface area contributed by atoms with Gasteiger partial charge in [-0.15, -0.1) is 0 Å². The zero-order valence-electron chi connectivity index (χ0n) is 6.62. The molecule has 0 rings (SSSR count). The van der Waals surface area contributed by atoms with Crippen molar-refractivity contribution in [3.8, 4) is 0 Å². The first-order chi connectivity index (χ1) is 4.06. The van der Waals surface area contributed by atoms with Crippen LogP contribution in [0.25, 0.3) is 0 Å². The van der Waals surface area contributed by atoms with Crippen molar-refractivity contribution >= 4 is 0 Å². The fraction of sp³-hybridized carbons (Fsp3) is 1.00. The molecule has 1 radical (unpaired) electrons. The second kappa shape index (κ2) is 3.85. The van der Waals surface area contributed by atoms with Crippen LogP contribution >= 0.6 is 0 Å². The van der Waals surface area contributed by atoms with Crippen molar-refractivity contribution in [2.75, 3.05) is 13.1 Å². The minimum absolute atomic E-state index is 0.217. The fourth-order valence-electron chi connectivity index (χ4n) is 0.552. The number of rotatable bonds is 3. The molecule has 0 aromatic rings. The Bertz CT molecular complexity index is 63.8. The highest BCUT2D eigenvalue weighted by atomic mass is 14.9. The summed E-state index contributed by atoms with van der Waals surface area (Å²) in [6, 6.07) is 0. The van der Waals surface area contributed by atoms with Gasteiger partial charge in [-0.25, -0.2) is 0 Å². The Kier molecular flexibility index (Phi) is 3.82. The summed E-state index contributed by atoms with van der Waals surface area (Å²) in [5.74, 6) is 0. The number of nitrogens with one attached hydrogen (secondary N) is 2. The van der Waals surface area contributed by atoms with Crippen molar-refractivity contribution < 1.29 is 0 Å². The van der Waals surface area contributed by atoms with Gasteiger partial charge in [-0.3, -0.25) is 5.73 Å². The molecule has 2 nitrogen and oxygen atoms in total. The molecule has 0 unspecified atom stereocenters. The van der Waals surface area contributed by atoms with Gasteiger partial charge in [0.05, 0.1) is 0 Å². The van der Waals surface area contributed by atoms with Crippen LogP contribution in [0, 0.1) is 0 Å². The summed E-state index contributed by atoms with van der Waals surface area (Å²) in [7, 11) is 0. The standard InChI is InChI=1S/C7H17N2/c1-7(2,3)9-6-4-5-8/h8-9H,4-6H2,1-3H3. The van der Waals surface area contributed by atoms with Crippen LogP contribution in [0.2, 0.25) is 0 Å². The first kappa shape index (κ1) is 8.92. The minimum Gasteiger partial charge on any atom is -0.312 e. The van der Waals surface area contributed by atoms with Gasteiger partial charge in [0.1, 0.15) is 0 Å². The van der Waals surface area contributed by atoms with Crippen molar-refractivity contribution in [2.45, 2.75) is 32.7 Å². The van der Waals surface area contributed by atoms with Crippen molar-refractivity contribution in [2.24, 2.45) is 0 Å². The zero-order chi connectivity index (χ0) is 7.33. The molecule has 0 fully saturated rings. The van der Waals surface area contributed by atoms with Crippen LogP contribution in [0.5, 0.6) is 0 Å². The molecule has 0 bridgehead atoms. The Hall–Kier alpha value is -0.0800. The van der Waals surface area contributed by atoms with E-state index in [1.807, 2.05) is 0 Å². The predicted octanol–water partition coefficient (Wildman–Crippen LogP) is 1.05. The molecule has 0 atom stereocenters. The maximum absolute atomic E-state index is 6.87. The maximum Gasteiger partial charge on any atom is 0.0112 e. The highest BCUT2D eigenvalue weighted by molar-refractivity contribution is 4.69. The molecule has 0 aliphatic rings. The summed E-state index contributed by atoms with van der Waals surface area (Å²) >= 11 is 0. The first-order valence-corrected chi connectivity index (χ1v) is 3.46. The summed E-state index contributed by atoms with van der Waals surface area (Å²) in [6.07, 6.45) is 0.956. The lowest BCUT2D eigenvalue weighted by molar-refractivity contribution is 0.423. The molecule has 9 heavy (non-hydrogen) atoms.